The molecule has 2 N–H and O–H groups in total. The molecule has 2 aromatic rings. The van der Waals surface area contributed by atoms with Crippen LogP contribution >= 0.6 is 11.6 Å². The molecule has 5 heteroatoms. The Labute approximate surface area is 115 Å². The quantitative estimate of drug-likeness (QED) is 0.530. The van der Waals surface area contributed by atoms with Gasteiger partial charge in [-0.3, -0.25) is 0 Å². The molecule has 0 saturated heterocycles. The van der Waals surface area contributed by atoms with Gasteiger partial charge in [-0.1, -0.05) is 47.1 Å². The molecule has 0 saturated carbocycles. The fourth-order valence-electron chi connectivity index (χ4n) is 1.49. The molecular formula is C14H12ClFN2O. The third-order valence-electron chi connectivity index (χ3n) is 2.46. The van der Waals surface area contributed by atoms with Crippen molar-refractivity contribution in [3.05, 3.63) is 70.5 Å². The Bertz CT molecular complexity index is 602. The lowest BCUT2D eigenvalue weighted by Crippen LogP contribution is -2.13. The first kappa shape index (κ1) is 13.4. The Balaban J connectivity index is 2.01. The Morgan fingerprint density at radius 1 is 1.21 bits per heavy atom. The van der Waals surface area contributed by atoms with Gasteiger partial charge in [-0.2, -0.15) is 0 Å². The molecule has 0 radical (unpaired) electrons. The third-order valence-corrected chi connectivity index (χ3v) is 2.70. The van der Waals surface area contributed by atoms with E-state index < -0.39 is 0 Å². The number of nitrogens with zero attached hydrogens (tertiary/aromatic N) is 1. The highest BCUT2D eigenvalue weighted by Gasteiger charge is 2.02. The molecule has 0 bridgehead atoms. The highest BCUT2D eigenvalue weighted by Crippen LogP contribution is 2.11. The van der Waals surface area contributed by atoms with Gasteiger partial charge < -0.3 is 10.6 Å². The maximum absolute atomic E-state index is 13.3. The summed E-state index contributed by atoms with van der Waals surface area (Å²) in [6, 6.07) is 13.3. The first-order valence-electron chi connectivity index (χ1n) is 5.61. The number of hydrogen-bond donors (Lipinski definition) is 1. The van der Waals surface area contributed by atoms with E-state index in [9.17, 15) is 4.39 Å². The third kappa shape index (κ3) is 3.69. The van der Waals surface area contributed by atoms with Crippen LogP contribution < -0.4 is 5.73 Å². The number of rotatable bonds is 4. The van der Waals surface area contributed by atoms with Crippen LogP contribution in [0.2, 0.25) is 5.02 Å². The van der Waals surface area contributed by atoms with Crippen molar-refractivity contribution in [3.8, 4) is 0 Å². The molecule has 0 atom stereocenters. The van der Waals surface area contributed by atoms with Crippen LogP contribution in [-0.4, -0.2) is 5.84 Å². The Hall–Kier alpha value is -2.07. The van der Waals surface area contributed by atoms with Crippen molar-refractivity contribution in [2.75, 3.05) is 0 Å². The number of hydrogen-bond acceptors (Lipinski definition) is 2. The van der Waals surface area contributed by atoms with Crippen molar-refractivity contribution < 1.29 is 9.23 Å². The summed E-state index contributed by atoms with van der Waals surface area (Å²) < 4.78 is 13.3. The molecule has 0 aliphatic rings. The van der Waals surface area contributed by atoms with Crippen LogP contribution in [0.25, 0.3) is 0 Å². The predicted octanol–water partition coefficient (Wildman–Crippen LogP) is 3.32. The topological polar surface area (TPSA) is 47.6 Å². The smallest absolute Gasteiger partial charge is 0.170 e. The standard InChI is InChI=1S/C14H12ClFN2O/c15-12-6-3-5-10(8-12)14(17)18-19-9-11-4-1-2-7-13(11)16/h1-8H,9H2,(H2,17,18). The first-order valence-corrected chi connectivity index (χ1v) is 5.99. The summed E-state index contributed by atoms with van der Waals surface area (Å²) in [6.07, 6.45) is 0. The molecule has 98 valence electrons. The van der Waals surface area contributed by atoms with Crippen molar-refractivity contribution >= 4 is 17.4 Å². The van der Waals surface area contributed by atoms with Gasteiger partial charge >= 0.3 is 0 Å². The SMILES string of the molecule is NC(=NOCc1ccccc1F)c1cccc(Cl)c1. The molecule has 0 spiro atoms. The van der Waals surface area contributed by atoms with Gasteiger partial charge in [0.25, 0.3) is 0 Å². The molecule has 0 fully saturated rings. The second-order valence-corrected chi connectivity index (χ2v) is 4.29. The van der Waals surface area contributed by atoms with Crippen molar-refractivity contribution in [3.63, 3.8) is 0 Å². The van der Waals surface area contributed by atoms with E-state index in [0.29, 0.717) is 16.1 Å². The fourth-order valence-corrected chi connectivity index (χ4v) is 1.68. The normalized spacial score (nSPS) is 11.4. The van der Waals surface area contributed by atoms with E-state index in [2.05, 4.69) is 5.16 Å². The summed E-state index contributed by atoms with van der Waals surface area (Å²) in [5, 5.41) is 4.30. The molecule has 0 heterocycles. The summed E-state index contributed by atoms with van der Waals surface area (Å²) in [4.78, 5) is 5.04. The number of oxime groups is 1. The van der Waals surface area contributed by atoms with Gasteiger partial charge in [-0.15, -0.1) is 0 Å². The molecule has 19 heavy (non-hydrogen) atoms. The average Bonchev–Trinajstić information content (AvgIpc) is 2.41. The van der Waals surface area contributed by atoms with Gasteiger partial charge in [0.2, 0.25) is 0 Å². The maximum atomic E-state index is 13.3. The van der Waals surface area contributed by atoms with Crippen LogP contribution in [0.15, 0.2) is 53.7 Å². The van der Waals surface area contributed by atoms with Crippen molar-refractivity contribution in [2.45, 2.75) is 6.61 Å². The number of nitrogens with two attached hydrogens (primary N) is 1. The van der Waals surface area contributed by atoms with E-state index >= 15 is 0 Å². The molecule has 3 nitrogen and oxygen atoms in total. The zero-order valence-electron chi connectivity index (χ0n) is 10.0. The molecule has 0 amide bonds. The zero-order chi connectivity index (χ0) is 13.7. The van der Waals surface area contributed by atoms with Gasteiger partial charge in [-0.05, 0) is 18.2 Å². The molecule has 0 aromatic heterocycles. The van der Waals surface area contributed by atoms with Gasteiger partial charge in [-0.25, -0.2) is 4.39 Å². The van der Waals surface area contributed by atoms with Gasteiger partial charge in [0.1, 0.15) is 12.4 Å². The van der Waals surface area contributed by atoms with Crippen LogP contribution in [0, 0.1) is 5.82 Å². The largest absolute Gasteiger partial charge is 0.389 e. The number of benzene rings is 2. The maximum Gasteiger partial charge on any atom is 0.170 e. The summed E-state index contributed by atoms with van der Waals surface area (Å²) >= 11 is 5.84. The van der Waals surface area contributed by atoms with Gasteiger partial charge in [0.05, 0.1) is 0 Å². The molecule has 2 rings (SSSR count). The second-order valence-electron chi connectivity index (χ2n) is 3.85. The Kier molecular flexibility index (Phi) is 4.36. The summed E-state index contributed by atoms with van der Waals surface area (Å²) in [5.41, 5.74) is 6.81. The second kappa shape index (κ2) is 6.20. The Morgan fingerprint density at radius 3 is 2.74 bits per heavy atom. The van der Waals surface area contributed by atoms with Crippen molar-refractivity contribution in [2.24, 2.45) is 10.9 Å². The van der Waals surface area contributed by atoms with Crippen LogP contribution in [0.4, 0.5) is 4.39 Å². The molecule has 0 unspecified atom stereocenters. The van der Waals surface area contributed by atoms with Crippen LogP contribution in [0.3, 0.4) is 0 Å². The van der Waals surface area contributed by atoms with Gasteiger partial charge in [0.15, 0.2) is 5.84 Å². The highest BCUT2D eigenvalue weighted by molar-refractivity contribution is 6.31. The average molecular weight is 279 g/mol. The highest BCUT2D eigenvalue weighted by atomic mass is 35.5. The van der Waals surface area contributed by atoms with Crippen molar-refractivity contribution in [1.29, 1.82) is 0 Å². The summed E-state index contributed by atoms with van der Waals surface area (Å²) in [5.74, 6) is -0.141. The van der Waals surface area contributed by atoms with E-state index in [1.807, 2.05) is 0 Å². The predicted molar refractivity (Wildman–Crippen MR) is 73.4 cm³/mol. The molecule has 2 aromatic carbocycles. The first-order chi connectivity index (χ1) is 9.16. The number of halogens is 2. The van der Waals surface area contributed by atoms with E-state index in [0.717, 1.165) is 0 Å². The van der Waals surface area contributed by atoms with E-state index in [4.69, 9.17) is 22.2 Å². The molecular weight excluding hydrogens is 267 g/mol. The number of amidine groups is 1. The van der Waals surface area contributed by atoms with Crippen LogP contribution in [0.1, 0.15) is 11.1 Å². The van der Waals surface area contributed by atoms with E-state index in [-0.39, 0.29) is 18.3 Å². The minimum absolute atomic E-state index is 0.0218. The van der Waals surface area contributed by atoms with E-state index in [1.165, 1.54) is 6.07 Å². The van der Waals surface area contributed by atoms with E-state index in [1.54, 1.807) is 42.5 Å². The lowest BCUT2D eigenvalue weighted by molar-refractivity contribution is 0.127. The minimum atomic E-state index is -0.334. The van der Waals surface area contributed by atoms with Crippen LogP contribution in [0.5, 0.6) is 0 Å². The minimum Gasteiger partial charge on any atom is -0.389 e. The monoisotopic (exact) mass is 278 g/mol. The Morgan fingerprint density at radius 2 is 2.00 bits per heavy atom. The lowest BCUT2D eigenvalue weighted by atomic mass is 10.2. The van der Waals surface area contributed by atoms with Gasteiger partial charge in [0, 0.05) is 16.1 Å². The summed E-state index contributed by atoms with van der Waals surface area (Å²) in [6.45, 7) is 0.0218. The summed E-state index contributed by atoms with van der Waals surface area (Å²) in [7, 11) is 0. The zero-order valence-corrected chi connectivity index (χ0v) is 10.8. The molecule has 0 aliphatic heterocycles. The lowest BCUT2D eigenvalue weighted by Gasteiger charge is -2.03. The van der Waals surface area contributed by atoms with Crippen molar-refractivity contribution in [1.82, 2.24) is 0 Å². The van der Waals surface area contributed by atoms with Crippen LogP contribution in [-0.2, 0) is 11.4 Å². The fraction of sp³-hybridized carbons (Fsp3) is 0.0714. The molecule has 0 aliphatic carbocycles.